The molecule has 0 fully saturated rings. The van der Waals surface area contributed by atoms with Gasteiger partial charge in [-0.3, -0.25) is 4.79 Å². The highest BCUT2D eigenvalue weighted by Gasteiger charge is 2.36. The topological polar surface area (TPSA) is 51.5 Å². The molecule has 3 rings (SSSR count). The number of hydrogen-bond acceptors (Lipinski definition) is 2. The number of alkyl halides is 3. The first-order valence-corrected chi connectivity index (χ1v) is 9.98. The van der Waals surface area contributed by atoms with Crippen molar-refractivity contribution in [2.45, 2.75) is 39.5 Å². The van der Waals surface area contributed by atoms with E-state index < -0.39 is 36.1 Å². The second kappa shape index (κ2) is 8.86. The molecule has 0 aliphatic carbocycles. The lowest BCUT2D eigenvalue weighted by Gasteiger charge is -2.18. The molecule has 0 aliphatic rings. The summed E-state index contributed by atoms with van der Waals surface area (Å²) in [6.45, 7) is 4.49. The third-order valence-electron chi connectivity index (χ3n) is 5.45. The van der Waals surface area contributed by atoms with Gasteiger partial charge in [0.2, 0.25) is 0 Å². The number of ether oxygens (including phenoxy) is 1. The van der Waals surface area contributed by atoms with Crippen LogP contribution in [0, 0.1) is 19.7 Å². The molecule has 2 aromatic carbocycles. The fourth-order valence-electron chi connectivity index (χ4n) is 3.49. The van der Waals surface area contributed by atoms with Crippen LogP contribution >= 0.6 is 11.6 Å². The van der Waals surface area contributed by atoms with E-state index in [2.05, 4.69) is 0 Å². The normalized spacial score (nSPS) is 12.6. The van der Waals surface area contributed by atoms with Crippen molar-refractivity contribution < 1.29 is 32.2 Å². The lowest BCUT2D eigenvalue weighted by Crippen LogP contribution is -2.14. The summed E-state index contributed by atoms with van der Waals surface area (Å²) in [4.78, 5) is 11.3. The average molecular weight is 470 g/mol. The fraction of sp³-hybridized carbons (Fsp3) is 0.261. The van der Waals surface area contributed by atoms with Crippen LogP contribution < -0.4 is 4.74 Å². The van der Waals surface area contributed by atoms with Crippen molar-refractivity contribution in [2.24, 2.45) is 0 Å². The van der Waals surface area contributed by atoms with Crippen molar-refractivity contribution >= 4 is 17.6 Å². The molecule has 1 atom stereocenters. The number of halogens is 5. The zero-order valence-corrected chi connectivity index (χ0v) is 18.2. The number of carbonyl (C=O) groups is 1. The van der Waals surface area contributed by atoms with Gasteiger partial charge in [0.15, 0.2) is 0 Å². The molecule has 0 saturated heterocycles. The lowest BCUT2D eigenvalue weighted by molar-refractivity contribution is -0.139. The molecule has 170 valence electrons. The highest BCUT2D eigenvalue weighted by molar-refractivity contribution is 6.30. The highest BCUT2D eigenvalue weighted by Crippen LogP contribution is 2.36. The molecule has 0 aliphatic heterocycles. The van der Waals surface area contributed by atoms with Crippen molar-refractivity contribution in [1.82, 2.24) is 4.57 Å². The van der Waals surface area contributed by atoms with E-state index in [1.54, 1.807) is 26.8 Å². The molecule has 9 heteroatoms. The summed E-state index contributed by atoms with van der Waals surface area (Å²) < 4.78 is 62.0. The Balaban J connectivity index is 2.00. The molecule has 1 heterocycles. The quantitative estimate of drug-likeness (QED) is 0.410. The summed E-state index contributed by atoms with van der Waals surface area (Å²) in [7, 11) is 0. The van der Waals surface area contributed by atoms with E-state index in [-0.39, 0.29) is 16.4 Å². The van der Waals surface area contributed by atoms with E-state index in [1.807, 2.05) is 0 Å². The van der Waals surface area contributed by atoms with Gasteiger partial charge in [0.25, 0.3) is 0 Å². The smallest absolute Gasteiger partial charge is 0.418 e. The molecule has 3 aromatic rings. The molecule has 4 nitrogen and oxygen atoms in total. The Kier molecular flexibility index (Phi) is 6.55. The molecular formula is C23H20ClF4NO3. The first-order chi connectivity index (χ1) is 14.9. The maximum atomic E-state index is 14.4. The Labute approximate surface area is 187 Å². The number of nitrogens with zero attached hydrogens (tertiary/aromatic N) is 1. The van der Waals surface area contributed by atoms with Crippen molar-refractivity contribution in [3.63, 3.8) is 0 Å². The van der Waals surface area contributed by atoms with Crippen LogP contribution in [-0.4, -0.2) is 15.6 Å². The summed E-state index contributed by atoms with van der Waals surface area (Å²) in [5, 5.41) is 9.37. The minimum atomic E-state index is -4.67. The van der Waals surface area contributed by atoms with Gasteiger partial charge in [0.1, 0.15) is 18.2 Å². The molecule has 0 spiro atoms. The number of rotatable bonds is 6. The van der Waals surface area contributed by atoms with E-state index >= 15 is 0 Å². The number of carboxylic acids is 1. The summed E-state index contributed by atoms with van der Waals surface area (Å²) in [6.07, 6.45) is -3.54. The minimum Gasteiger partial charge on any atom is -0.487 e. The molecule has 0 saturated carbocycles. The molecular weight excluding hydrogens is 450 g/mol. The second-order valence-corrected chi connectivity index (χ2v) is 7.83. The zero-order valence-electron chi connectivity index (χ0n) is 17.4. The van der Waals surface area contributed by atoms with E-state index in [0.29, 0.717) is 22.4 Å². The largest absolute Gasteiger partial charge is 0.487 e. The van der Waals surface area contributed by atoms with Gasteiger partial charge in [0.05, 0.1) is 22.9 Å². The Morgan fingerprint density at radius 3 is 2.44 bits per heavy atom. The van der Waals surface area contributed by atoms with Crippen LogP contribution in [0.4, 0.5) is 17.6 Å². The Hall–Kier alpha value is -3.00. The van der Waals surface area contributed by atoms with Gasteiger partial charge in [-0.25, -0.2) is 4.39 Å². The van der Waals surface area contributed by atoms with Gasteiger partial charge >= 0.3 is 12.1 Å². The number of aromatic nitrogens is 1. The zero-order chi connectivity index (χ0) is 23.8. The van der Waals surface area contributed by atoms with Gasteiger partial charge < -0.3 is 14.4 Å². The molecule has 0 radical (unpaired) electrons. The number of aliphatic carboxylic acids is 1. The van der Waals surface area contributed by atoms with E-state index in [0.717, 1.165) is 22.9 Å². The Morgan fingerprint density at radius 2 is 1.84 bits per heavy atom. The van der Waals surface area contributed by atoms with E-state index in [9.17, 15) is 27.5 Å². The van der Waals surface area contributed by atoms with Gasteiger partial charge in [-0.05, 0) is 67.8 Å². The van der Waals surface area contributed by atoms with Crippen molar-refractivity contribution in [3.05, 3.63) is 81.4 Å². The minimum absolute atomic E-state index is 0.0953. The summed E-state index contributed by atoms with van der Waals surface area (Å²) >= 11 is 5.76. The first-order valence-electron chi connectivity index (χ1n) is 9.60. The maximum absolute atomic E-state index is 14.4. The predicted octanol–water partition coefficient (Wildman–Crippen LogP) is 6.67. The highest BCUT2D eigenvalue weighted by atomic mass is 35.5. The third kappa shape index (κ3) is 4.60. The molecule has 1 N–H and O–H groups in total. The van der Waals surface area contributed by atoms with Crippen LogP contribution in [0.25, 0.3) is 5.69 Å². The summed E-state index contributed by atoms with van der Waals surface area (Å²) in [5.41, 5.74) is 0.551. The molecule has 0 bridgehead atoms. The number of benzene rings is 2. The Morgan fingerprint density at radius 1 is 1.16 bits per heavy atom. The monoisotopic (exact) mass is 469 g/mol. The van der Waals surface area contributed by atoms with Gasteiger partial charge in [-0.1, -0.05) is 17.7 Å². The lowest BCUT2D eigenvalue weighted by atomic mass is 9.93. The van der Waals surface area contributed by atoms with Crippen molar-refractivity contribution in [1.29, 1.82) is 0 Å². The van der Waals surface area contributed by atoms with E-state index in [4.69, 9.17) is 16.3 Å². The van der Waals surface area contributed by atoms with Crippen molar-refractivity contribution in [3.8, 4) is 11.4 Å². The van der Waals surface area contributed by atoms with Crippen molar-refractivity contribution in [2.75, 3.05) is 0 Å². The van der Waals surface area contributed by atoms with Crippen LogP contribution in [0.15, 0.2) is 42.6 Å². The molecule has 32 heavy (non-hydrogen) atoms. The first kappa shape index (κ1) is 23.7. The summed E-state index contributed by atoms with van der Waals surface area (Å²) in [5.74, 6) is -2.20. The van der Waals surface area contributed by atoms with Crippen LogP contribution in [0.2, 0.25) is 5.02 Å². The SMILES string of the molecule is Cc1c(OCc2c(C(F)(F)F)ccn2-c2ccc(Cl)cc2F)ccc(C(C)C(=O)O)c1C. The van der Waals surface area contributed by atoms with Crippen LogP contribution in [0.3, 0.4) is 0 Å². The second-order valence-electron chi connectivity index (χ2n) is 7.39. The van der Waals surface area contributed by atoms with Crippen LogP contribution in [0.1, 0.15) is 40.8 Å². The standard InChI is InChI=1S/C23H20ClF4NO3/c1-12-13(2)21(7-5-16(12)14(3)22(30)31)32-11-20-17(23(26,27)28)8-9-29(20)19-6-4-15(24)10-18(19)25/h4-10,14H,11H2,1-3H3,(H,30,31). The maximum Gasteiger partial charge on any atom is 0.418 e. The van der Waals surface area contributed by atoms with Gasteiger partial charge in [0, 0.05) is 11.2 Å². The van der Waals surface area contributed by atoms with Crippen LogP contribution in [0.5, 0.6) is 5.75 Å². The average Bonchev–Trinajstić information content (AvgIpc) is 3.12. The number of carboxylic acid groups (broad SMARTS) is 1. The number of hydrogen-bond donors (Lipinski definition) is 1. The molecule has 1 unspecified atom stereocenters. The molecule has 1 aromatic heterocycles. The third-order valence-corrected chi connectivity index (χ3v) is 5.68. The Bertz CT molecular complexity index is 1170. The predicted molar refractivity (Wildman–Crippen MR) is 112 cm³/mol. The van der Waals surface area contributed by atoms with Gasteiger partial charge in [-0.2, -0.15) is 13.2 Å². The van der Waals surface area contributed by atoms with E-state index in [1.165, 1.54) is 18.2 Å². The fourth-order valence-corrected chi connectivity index (χ4v) is 3.65. The van der Waals surface area contributed by atoms with Crippen LogP contribution in [-0.2, 0) is 17.6 Å². The summed E-state index contributed by atoms with van der Waals surface area (Å²) in [6, 6.07) is 7.67. The molecule has 0 amide bonds. The van der Waals surface area contributed by atoms with Gasteiger partial charge in [-0.15, -0.1) is 0 Å².